The van der Waals surface area contributed by atoms with E-state index in [0.29, 0.717) is 25.3 Å². The standard InChI is InChI=1S/C27H30N2O8S/c1-36-22-15-18(8-11-21(22)30)24-23(26(32)27(33)29(24)16-19-5-4-14-37-19)25(31)17-6-9-20(10-7-17)38(34,35)28-12-2-3-13-28/h6-11,15,19,24,30-31H,2-5,12-14,16H2,1H3/t19-,24-/m1/s1. The molecule has 3 saturated heterocycles. The molecular weight excluding hydrogens is 512 g/mol. The quantitative estimate of drug-likeness (QED) is 0.310. The smallest absolute Gasteiger partial charge is 0.295 e. The van der Waals surface area contributed by atoms with E-state index in [0.717, 1.165) is 25.7 Å². The molecule has 0 bridgehead atoms. The summed E-state index contributed by atoms with van der Waals surface area (Å²) < 4.78 is 38.2. The second-order valence-corrected chi connectivity index (χ2v) is 11.6. The number of ether oxygens (including phenoxy) is 2. The fraction of sp³-hybridized carbons (Fsp3) is 0.407. The zero-order valence-corrected chi connectivity index (χ0v) is 21.8. The number of methoxy groups -OCH3 is 1. The molecule has 0 aliphatic carbocycles. The highest BCUT2D eigenvalue weighted by atomic mass is 32.2. The highest BCUT2D eigenvalue weighted by Crippen LogP contribution is 2.42. The number of benzene rings is 2. The molecule has 0 unspecified atom stereocenters. The second kappa shape index (κ2) is 10.4. The number of nitrogens with zero attached hydrogens (tertiary/aromatic N) is 2. The minimum atomic E-state index is -3.65. The van der Waals surface area contributed by atoms with Crippen molar-refractivity contribution in [2.24, 2.45) is 0 Å². The molecule has 5 rings (SSSR count). The van der Waals surface area contributed by atoms with Crippen LogP contribution in [0.3, 0.4) is 0 Å². The summed E-state index contributed by atoms with van der Waals surface area (Å²) in [6.07, 6.45) is 2.96. The lowest BCUT2D eigenvalue weighted by atomic mass is 9.95. The molecule has 11 heteroatoms. The van der Waals surface area contributed by atoms with Crippen molar-refractivity contribution in [3.8, 4) is 11.5 Å². The number of ketones is 1. The first-order valence-corrected chi connectivity index (χ1v) is 14.0. The summed E-state index contributed by atoms with van der Waals surface area (Å²) in [5, 5.41) is 21.4. The monoisotopic (exact) mass is 542 g/mol. The van der Waals surface area contributed by atoms with Crippen LogP contribution in [0, 0.1) is 0 Å². The molecule has 2 N–H and O–H groups in total. The molecule has 10 nitrogen and oxygen atoms in total. The largest absolute Gasteiger partial charge is 0.507 e. The minimum Gasteiger partial charge on any atom is -0.507 e. The van der Waals surface area contributed by atoms with Gasteiger partial charge < -0.3 is 24.6 Å². The summed E-state index contributed by atoms with van der Waals surface area (Å²) >= 11 is 0. The van der Waals surface area contributed by atoms with Crippen molar-refractivity contribution in [2.75, 3.05) is 33.4 Å². The van der Waals surface area contributed by atoms with Crippen LogP contribution in [-0.2, 0) is 24.3 Å². The molecule has 38 heavy (non-hydrogen) atoms. The van der Waals surface area contributed by atoms with Gasteiger partial charge in [-0.05, 0) is 67.6 Å². The highest BCUT2D eigenvalue weighted by Gasteiger charge is 2.47. The van der Waals surface area contributed by atoms with Gasteiger partial charge in [0, 0.05) is 31.8 Å². The van der Waals surface area contributed by atoms with Crippen molar-refractivity contribution >= 4 is 27.5 Å². The number of aliphatic hydroxyl groups excluding tert-OH is 1. The van der Waals surface area contributed by atoms with E-state index in [9.17, 15) is 28.2 Å². The third-order valence-electron chi connectivity index (χ3n) is 7.31. The maximum Gasteiger partial charge on any atom is 0.295 e. The molecule has 2 aromatic rings. The Morgan fingerprint density at radius 1 is 1.08 bits per heavy atom. The Morgan fingerprint density at radius 3 is 2.42 bits per heavy atom. The number of likely N-dealkylation sites (tertiary alicyclic amines) is 1. The predicted molar refractivity (Wildman–Crippen MR) is 137 cm³/mol. The van der Waals surface area contributed by atoms with E-state index in [1.54, 1.807) is 6.07 Å². The summed E-state index contributed by atoms with van der Waals surface area (Å²) in [7, 11) is -2.26. The van der Waals surface area contributed by atoms with Crippen LogP contribution in [0.4, 0.5) is 0 Å². The van der Waals surface area contributed by atoms with E-state index in [2.05, 4.69) is 0 Å². The number of phenolic OH excluding ortho intramolecular Hbond substituents is 1. The van der Waals surface area contributed by atoms with E-state index in [1.165, 1.54) is 52.7 Å². The van der Waals surface area contributed by atoms with Crippen LogP contribution in [0.5, 0.6) is 11.5 Å². The van der Waals surface area contributed by atoms with Gasteiger partial charge >= 0.3 is 0 Å². The lowest BCUT2D eigenvalue weighted by molar-refractivity contribution is -0.140. The number of amides is 1. The molecule has 3 heterocycles. The first kappa shape index (κ1) is 26.2. The van der Waals surface area contributed by atoms with Crippen LogP contribution in [0.1, 0.15) is 42.9 Å². The zero-order valence-electron chi connectivity index (χ0n) is 21.0. The summed E-state index contributed by atoms with van der Waals surface area (Å²) in [6, 6.07) is 9.18. The van der Waals surface area contributed by atoms with Crippen molar-refractivity contribution in [2.45, 2.75) is 42.7 Å². The van der Waals surface area contributed by atoms with E-state index in [1.807, 2.05) is 0 Å². The topological polar surface area (TPSA) is 134 Å². The van der Waals surface area contributed by atoms with E-state index in [-0.39, 0.29) is 40.2 Å². The van der Waals surface area contributed by atoms with Crippen LogP contribution >= 0.6 is 0 Å². The number of carbonyl (C=O) groups is 2. The number of rotatable bonds is 7. The Hall–Kier alpha value is -3.41. The number of phenols is 1. The van der Waals surface area contributed by atoms with Gasteiger partial charge in [0.1, 0.15) is 5.76 Å². The highest BCUT2D eigenvalue weighted by molar-refractivity contribution is 7.89. The second-order valence-electron chi connectivity index (χ2n) is 9.65. The summed E-state index contributed by atoms with van der Waals surface area (Å²) in [5.41, 5.74) is 0.541. The Bertz CT molecular complexity index is 1370. The maximum atomic E-state index is 13.3. The van der Waals surface area contributed by atoms with E-state index in [4.69, 9.17) is 9.47 Å². The molecule has 1 amide bonds. The normalized spacial score (nSPS) is 23.9. The molecule has 2 aromatic carbocycles. The third-order valence-corrected chi connectivity index (χ3v) is 9.23. The molecule has 3 aliphatic rings. The number of hydrogen-bond acceptors (Lipinski definition) is 8. The Kier molecular flexibility index (Phi) is 7.17. The number of hydrogen-bond donors (Lipinski definition) is 2. The Labute approximate surface area is 221 Å². The fourth-order valence-electron chi connectivity index (χ4n) is 5.30. The molecule has 2 atom stereocenters. The summed E-state index contributed by atoms with van der Waals surface area (Å²) in [4.78, 5) is 27.9. The SMILES string of the molecule is COc1cc([C@@H]2C(=C(O)c3ccc(S(=O)(=O)N4CCCC4)cc3)C(=O)C(=O)N2C[C@H]2CCCO2)ccc1O. The summed E-state index contributed by atoms with van der Waals surface area (Å²) in [6.45, 7) is 1.66. The van der Waals surface area contributed by atoms with Gasteiger partial charge in [-0.3, -0.25) is 9.59 Å². The number of aliphatic hydroxyl groups is 1. The predicted octanol–water partition coefficient (Wildman–Crippen LogP) is 2.79. The lowest BCUT2D eigenvalue weighted by Crippen LogP contribution is -2.36. The molecule has 0 spiro atoms. The number of sulfonamides is 1. The van der Waals surface area contributed by atoms with E-state index >= 15 is 0 Å². The molecule has 3 aliphatic heterocycles. The number of Topliss-reactive ketones (excluding diaryl/α,β-unsaturated/α-hetero) is 1. The van der Waals surface area contributed by atoms with Gasteiger partial charge in [0.05, 0.1) is 29.7 Å². The molecule has 3 fully saturated rings. The first-order chi connectivity index (χ1) is 18.2. The lowest BCUT2D eigenvalue weighted by Gasteiger charge is -2.27. The van der Waals surface area contributed by atoms with Gasteiger partial charge in [0.15, 0.2) is 11.5 Å². The zero-order chi connectivity index (χ0) is 27.0. The van der Waals surface area contributed by atoms with Gasteiger partial charge in [-0.25, -0.2) is 8.42 Å². The van der Waals surface area contributed by atoms with Crippen LogP contribution in [0.25, 0.3) is 5.76 Å². The van der Waals surface area contributed by atoms with Crippen molar-refractivity contribution in [3.05, 3.63) is 59.2 Å². The van der Waals surface area contributed by atoms with Crippen LogP contribution in [-0.4, -0.2) is 79.0 Å². The molecular formula is C27H30N2O8S. The van der Waals surface area contributed by atoms with Gasteiger partial charge in [-0.2, -0.15) is 4.31 Å². The number of carbonyl (C=O) groups excluding carboxylic acids is 2. The average molecular weight is 543 g/mol. The van der Waals surface area contributed by atoms with E-state index < -0.39 is 33.5 Å². The van der Waals surface area contributed by atoms with Crippen molar-refractivity contribution in [1.82, 2.24) is 9.21 Å². The molecule has 202 valence electrons. The molecule has 0 aromatic heterocycles. The van der Waals surface area contributed by atoms with Gasteiger partial charge in [0.25, 0.3) is 11.7 Å². The Balaban J connectivity index is 1.56. The van der Waals surface area contributed by atoms with Crippen molar-refractivity contribution in [3.63, 3.8) is 0 Å². The van der Waals surface area contributed by atoms with Gasteiger partial charge in [-0.1, -0.05) is 6.07 Å². The van der Waals surface area contributed by atoms with Crippen LogP contribution in [0.2, 0.25) is 0 Å². The van der Waals surface area contributed by atoms with Crippen molar-refractivity contribution < 1.29 is 37.7 Å². The van der Waals surface area contributed by atoms with Gasteiger partial charge in [0.2, 0.25) is 10.0 Å². The molecule has 0 saturated carbocycles. The number of aromatic hydroxyl groups is 1. The average Bonchev–Trinajstić information content (AvgIpc) is 3.69. The minimum absolute atomic E-state index is 0.0922. The molecule has 0 radical (unpaired) electrons. The first-order valence-electron chi connectivity index (χ1n) is 12.6. The van der Waals surface area contributed by atoms with Crippen LogP contribution in [0.15, 0.2) is 52.9 Å². The summed E-state index contributed by atoms with van der Waals surface area (Å²) in [5.74, 6) is -2.00. The maximum absolute atomic E-state index is 13.3. The fourth-order valence-corrected chi connectivity index (χ4v) is 6.82. The van der Waals surface area contributed by atoms with Gasteiger partial charge in [-0.15, -0.1) is 0 Å². The van der Waals surface area contributed by atoms with Crippen molar-refractivity contribution in [1.29, 1.82) is 0 Å². The third kappa shape index (κ3) is 4.65. The Morgan fingerprint density at radius 2 is 1.79 bits per heavy atom. The van der Waals surface area contributed by atoms with Crippen LogP contribution < -0.4 is 4.74 Å².